The Balaban J connectivity index is 1.52. The largest absolute Gasteiger partial charge is 0.468 e. The Labute approximate surface area is 163 Å². The van der Waals surface area contributed by atoms with E-state index in [1.165, 1.54) is 12.8 Å². The van der Waals surface area contributed by atoms with Crippen LogP contribution in [-0.4, -0.2) is 35.4 Å². The standard InChI is InChI=1S/C21H23N3O2S/c1-15-23-19(20(27-15)16-8-3-2-4-9-16)21(25)22-14-17(18-10-7-13-26-18)24-11-5-6-12-24/h2-4,7-10,13,17H,5-6,11-12,14H2,1H3,(H,22,25). The maximum absolute atomic E-state index is 12.9. The number of amides is 1. The average molecular weight is 382 g/mol. The SMILES string of the molecule is Cc1nc(C(=O)NCC(c2ccco2)N2CCCC2)c(-c2ccccc2)s1. The average Bonchev–Trinajstić information content (AvgIpc) is 3.45. The molecule has 140 valence electrons. The van der Waals surface area contributed by atoms with Gasteiger partial charge >= 0.3 is 0 Å². The molecule has 1 aromatic carbocycles. The van der Waals surface area contributed by atoms with Crippen LogP contribution in [0.15, 0.2) is 53.1 Å². The summed E-state index contributed by atoms with van der Waals surface area (Å²) in [5.74, 6) is 0.767. The molecule has 1 atom stereocenters. The van der Waals surface area contributed by atoms with Gasteiger partial charge in [-0.05, 0) is 50.6 Å². The van der Waals surface area contributed by atoms with Crippen molar-refractivity contribution in [3.05, 3.63) is 65.2 Å². The highest BCUT2D eigenvalue weighted by atomic mass is 32.1. The predicted octanol–water partition coefficient (Wildman–Crippen LogP) is 4.28. The topological polar surface area (TPSA) is 58.4 Å². The molecule has 1 unspecified atom stereocenters. The van der Waals surface area contributed by atoms with Crippen molar-refractivity contribution in [1.29, 1.82) is 0 Å². The first-order chi connectivity index (χ1) is 13.2. The second-order valence-corrected chi connectivity index (χ2v) is 7.96. The van der Waals surface area contributed by atoms with Crippen molar-refractivity contribution in [3.63, 3.8) is 0 Å². The molecule has 0 saturated carbocycles. The Hall–Kier alpha value is -2.44. The highest BCUT2D eigenvalue weighted by molar-refractivity contribution is 7.15. The number of thiazole rings is 1. The Morgan fingerprint density at radius 2 is 2.00 bits per heavy atom. The molecule has 0 bridgehead atoms. The number of hydrogen-bond donors (Lipinski definition) is 1. The van der Waals surface area contributed by atoms with E-state index in [0.717, 1.165) is 34.3 Å². The molecule has 0 aliphatic carbocycles. The number of nitrogens with zero attached hydrogens (tertiary/aromatic N) is 2. The molecule has 1 saturated heterocycles. The summed E-state index contributed by atoms with van der Waals surface area (Å²) < 4.78 is 5.64. The van der Waals surface area contributed by atoms with Gasteiger partial charge in [0.15, 0.2) is 0 Å². The second-order valence-electron chi connectivity index (χ2n) is 6.76. The fourth-order valence-electron chi connectivity index (χ4n) is 3.58. The van der Waals surface area contributed by atoms with E-state index in [1.807, 2.05) is 49.4 Å². The third kappa shape index (κ3) is 3.96. The monoisotopic (exact) mass is 381 g/mol. The van der Waals surface area contributed by atoms with Gasteiger partial charge in [0.1, 0.15) is 11.5 Å². The third-order valence-electron chi connectivity index (χ3n) is 4.89. The summed E-state index contributed by atoms with van der Waals surface area (Å²) in [6.45, 7) is 4.51. The molecule has 1 fully saturated rings. The molecule has 27 heavy (non-hydrogen) atoms. The number of aromatic nitrogens is 1. The third-order valence-corrected chi connectivity index (χ3v) is 5.91. The molecule has 4 rings (SSSR count). The van der Waals surface area contributed by atoms with E-state index in [0.29, 0.717) is 12.2 Å². The molecule has 0 radical (unpaired) electrons. The lowest BCUT2D eigenvalue weighted by atomic mass is 10.1. The molecule has 3 aromatic rings. The minimum absolute atomic E-state index is 0.0614. The number of benzene rings is 1. The molecule has 1 amide bonds. The van der Waals surface area contributed by atoms with Gasteiger partial charge in [0, 0.05) is 6.54 Å². The lowest BCUT2D eigenvalue weighted by Crippen LogP contribution is -2.36. The van der Waals surface area contributed by atoms with Gasteiger partial charge in [-0.1, -0.05) is 30.3 Å². The highest BCUT2D eigenvalue weighted by Crippen LogP contribution is 2.30. The van der Waals surface area contributed by atoms with Crippen LogP contribution in [0.5, 0.6) is 0 Å². The molecule has 3 heterocycles. The van der Waals surface area contributed by atoms with Crippen LogP contribution < -0.4 is 5.32 Å². The van der Waals surface area contributed by atoms with Crippen molar-refractivity contribution < 1.29 is 9.21 Å². The van der Waals surface area contributed by atoms with Crippen LogP contribution in [0.1, 0.15) is 40.1 Å². The van der Waals surface area contributed by atoms with Crippen molar-refractivity contribution >= 4 is 17.2 Å². The quantitative estimate of drug-likeness (QED) is 0.692. The number of rotatable bonds is 6. The maximum atomic E-state index is 12.9. The Kier molecular flexibility index (Phi) is 5.36. The zero-order chi connectivity index (χ0) is 18.6. The van der Waals surface area contributed by atoms with E-state index >= 15 is 0 Å². The zero-order valence-electron chi connectivity index (χ0n) is 15.4. The van der Waals surface area contributed by atoms with Crippen molar-refractivity contribution in [2.75, 3.05) is 19.6 Å². The summed E-state index contributed by atoms with van der Waals surface area (Å²) in [4.78, 5) is 20.7. The van der Waals surface area contributed by atoms with Crippen LogP contribution in [0.4, 0.5) is 0 Å². The molecule has 5 nitrogen and oxygen atoms in total. The maximum Gasteiger partial charge on any atom is 0.271 e. The lowest BCUT2D eigenvalue weighted by Gasteiger charge is -2.25. The minimum atomic E-state index is -0.131. The van der Waals surface area contributed by atoms with Gasteiger partial charge in [-0.15, -0.1) is 11.3 Å². The van der Waals surface area contributed by atoms with E-state index in [4.69, 9.17) is 4.42 Å². The van der Waals surface area contributed by atoms with Crippen LogP contribution in [0, 0.1) is 6.92 Å². The molecule has 0 spiro atoms. The van der Waals surface area contributed by atoms with E-state index in [9.17, 15) is 4.79 Å². The summed E-state index contributed by atoms with van der Waals surface area (Å²) in [5, 5.41) is 3.98. The molecule has 6 heteroatoms. The summed E-state index contributed by atoms with van der Waals surface area (Å²) in [6.07, 6.45) is 4.07. The number of carbonyl (C=O) groups excluding carboxylic acids is 1. The predicted molar refractivity (Wildman–Crippen MR) is 107 cm³/mol. The summed E-state index contributed by atoms with van der Waals surface area (Å²) in [6, 6.07) is 13.9. The summed E-state index contributed by atoms with van der Waals surface area (Å²) in [7, 11) is 0. The van der Waals surface area contributed by atoms with Crippen LogP contribution in [-0.2, 0) is 0 Å². The van der Waals surface area contributed by atoms with Gasteiger partial charge in [0.05, 0.1) is 22.2 Å². The molecule has 1 aliphatic heterocycles. The fourth-order valence-corrected chi connectivity index (χ4v) is 4.50. The first-order valence-corrected chi connectivity index (χ1v) is 10.1. The number of furan rings is 1. The normalized spacial score (nSPS) is 15.7. The highest BCUT2D eigenvalue weighted by Gasteiger charge is 2.27. The Morgan fingerprint density at radius 1 is 1.22 bits per heavy atom. The van der Waals surface area contributed by atoms with Crippen LogP contribution in [0.3, 0.4) is 0 Å². The van der Waals surface area contributed by atoms with E-state index in [1.54, 1.807) is 17.6 Å². The van der Waals surface area contributed by atoms with Crippen LogP contribution in [0.2, 0.25) is 0 Å². The van der Waals surface area contributed by atoms with Crippen LogP contribution >= 0.6 is 11.3 Å². The molecular weight excluding hydrogens is 358 g/mol. The molecule has 1 aliphatic rings. The van der Waals surface area contributed by atoms with Gasteiger partial charge in [0.25, 0.3) is 5.91 Å². The first-order valence-electron chi connectivity index (χ1n) is 9.31. The first kappa shape index (κ1) is 17.9. The number of aryl methyl sites for hydroxylation is 1. The van der Waals surface area contributed by atoms with Crippen LogP contribution in [0.25, 0.3) is 10.4 Å². The molecule has 2 aromatic heterocycles. The van der Waals surface area contributed by atoms with Gasteiger partial charge < -0.3 is 9.73 Å². The number of hydrogen-bond acceptors (Lipinski definition) is 5. The van der Waals surface area contributed by atoms with Gasteiger partial charge in [-0.25, -0.2) is 4.98 Å². The van der Waals surface area contributed by atoms with Gasteiger partial charge in [-0.2, -0.15) is 0 Å². The number of likely N-dealkylation sites (tertiary alicyclic amines) is 1. The lowest BCUT2D eigenvalue weighted by molar-refractivity contribution is 0.0930. The smallest absolute Gasteiger partial charge is 0.271 e. The second kappa shape index (κ2) is 8.06. The Morgan fingerprint density at radius 3 is 2.70 bits per heavy atom. The van der Waals surface area contributed by atoms with E-state index < -0.39 is 0 Å². The van der Waals surface area contributed by atoms with Crippen molar-refractivity contribution in [2.45, 2.75) is 25.8 Å². The zero-order valence-corrected chi connectivity index (χ0v) is 16.2. The van der Waals surface area contributed by atoms with Crippen molar-refractivity contribution in [3.8, 4) is 10.4 Å². The molecule has 1 N–H and O–H groups in total. The van der Waals surface area contributed by atoms with Gasteiger partial charge in [0.2, 0.25) is 0 Å². The van der Waals surface area contributed by atoms with E-state index in [-0.39, 0.29) is 11.9 Å². The fraction of sp³-hybridized carbons (Fsp3) is 0.333. The van der Waals surface area contributed by atoms with Crippen molar-refractivity contribution in [2.24, 2.45) is 0 Å². The summed E-state index contributed by atoms with van der Waals surface area (Å²) in [5.41, 5.74) is 1.53. The minimum Gasteiger partial charge on any atom is -0.468 e. The summed E-state index contributed by atoms with van der Waals surface area (Å²) >= 11 is 1.55. The van der Waals surface area contributed by atoms with Crippen molar-refractivity contribution in [1.82, 2.24) is 15.2 Å². The molecular formula is C21H23N3O2S. The van der Waals surface area contributed by atoms with Gasteiger partial charge in [-0.3, -0.25) is 9.69 Å². The Bertz CT molecular complexity index is 884. The van der Waals surface area contributed by atoms with E-state index in [2.05, 4.69) is 15.2 Å². The number of carbonyl (C=O) groups is 1. The number of nitrogens with one attached hydrogen (secondary N) is 1.